The SMILES string of the molecule is Cn1cc(B2OC(C)(C)C(C)(C)O2)c(-c2cccc(NC(=O)OC(C)(C)C)c2)n1.Cn1cc(Br)c(-c2cccc(NC(=O)OC(C)(C)C)c2)n1. The maximum Gasteiger partial charge on any atom is 0.498 e. The van der Waals surface area contributed by atoms with Crippen LogP contribution in [-0.2, 0) is 32.9 Å². The number of anilines is 2. The second kappa shape index (κ2) is 14.6. The zero-order valence-electron chi connectivity index (χ0n) is 31.0. The minimum atomic E-state index is -0.563. The lowest BCUT2D eigenvalue weighted by atomic mass is 9.78. The number of hydrogen-bond acceptors (Lipinski definition) is 8. The number of aromatic nitrogens is 4. The molecule has 0 atom stereocenters. The summed E-state index contributed by atoms with van der Waals surface area (Å²) < 4.78 is 27.4. The summed E-state index contributed by atoms with van der Waals surface area (Å²) in [6.45, 7) is 19.1. The molecule has 1 fully saturated rings. The Labute approximate surface area is 303 Å². The first-order valence-corrected chi connectivity index (χ1v) is 17.1. The van der Waals surface area contributed by atoms with Crippen molar-refractivity contribution in [1.29, 1.82) is 0 Å². The molecule has 0 saturated carbocycles. The normalized spacial score (nSPS) is 15.2. The first-order valence-electron chi connectivity index (χ1n) is 16.3. The molecule has 0 aliphatic carbocycles. The van der Waals surface area contributed by atoms with Crippen molar-refractivity contribution in [2.45, 2.75) is 91.6 Å². The summed E-state index contributed by atoms with van der Waals surface area (Å²) in [7, 11) is 3.20. The maximum absolute atomic E-state index is 12.1. The average molecular weight is 752 g/mol. The first kappa shape index (κ1) is 38.7. The third-order valence-corrected chi connectivity index (χ3v) is 8.29. The quantitative estimate of drug-likeness (QED) is 0.197. The molecule has 4 aromatic rings. The Morgan fingerprint density at radius 2 is 1.16 bits per heavy atom. The van der Waals surface area contributed by atoms with Gasteiger partial charge in [0.05, 0.1) is 21.4 Å². The largest absolute Gasteiger partial charge is 0.498 e. The summed E-state index contributed by atoms with van der Waals surface area (Å²) in [4.78, 5) is 23.9. The van der Waals surface area contributed by atoms with Gasteiger partial charge in [-0.2, -0.15) is 10.2 Å². The highest BCUT2D eigenvalue weighted by atomic mass is 79.9. The summed E-state index contributed by atoms with van der Waals surface area (Å²) in [6, 6.07) is 15.0. The fourth-order valence-corrected chi connectivity index (χ4v) is 5.46. The van der Waals surface area contributed by atoms with E-state index in [9.17, 15) is 9.59 Å². The minimum absolute atomic E-state index is 0.440. The molecule has 2 amide bonds. The number of hydrogen-bond donors (Lipinski definition) is 2. The van der Waals surface area contributed by atoms with Crippen molar-refractivity contribution in [2.24, 2.45) is 14.1 Å². The third-order valence-electron chi connectivity index (χ3n) is 7.71. The van der Waals surface area contributed by atoms with Gasteiger partial charge in [0.2, 0.25) is 0 Å². The number of amides is 2. The van der Waals surface area contributed by atoms with E-state index >= 15 is 0 Å². The van der Waals surface area contributed by atoms with Crippen LogP contribution in [-0.4, -0.2) is 61.3 Å². The highest BCUT2D eigenvalue weighted by molar-refractivity contribution is 9.10. The predicted molar refractivity (Wildman–Crippen MR) is 200 cm³/mol. The van der Waals surface area contributed by atoms with Gasteiger partial charge in [-0.25, -0.2) is 9.59 Å². The van der Waals surface area contributed by atoms with E-state index < -0.39 is 41.7 Å². The fraction of sp³-hybridized carbons (Fsp3) is 0.444. The standard InChI is InChI=1S/C21H30BN3O4.C15H18BrN3O2/c1-19(2,3)27-18(26)23-15-11-9-10-14(12-15)17-16(13-25(8)24-17)22-28-20(4,5)21(6,7)29-22;1-15(2,3)21-14(20)17-11-7-5-6-10(8-11)13-12(16)9-19(4)18-13/h9-13H,1-8H3,(H,23,26);5-9H,1-4H3,(H,17,20). The van der Waals surface area contributed by atoms with Crippen LogP contribution in [0.5, 0.6) is 0 Å². The van der Waals surface area contributed by atoms with Crippen LogP contribution in [0.4, 0.5) is 21.0 Å². The van der Waals surface area contributed by atoms with Crippen molar-refractivity contribution in [1.82, 2.24) is 19.6 Å². The molecule has 0 spiro atoms. The van der Waals surface area contributed by atoms with Crippen LogP contribution in [0, 0.1) is 0 Å². The van der Waals surface area contributed by atoms with Gasteiger partial charge in [0.15, 0.2) is 0 Å². The van der Waals surface area contributed by atoms with Gasteiger partial charge in [0.25, 0.3) is 0 Å². The molecule has 50 heavy (non-hydrogen) atoms. The molecule has 1 aliphatic rings. The lowest BCUT2D eigenvalue weighted by Crippen LogP contribution is -2.41. The Kier molecular flexibility index (Phi) is 11.3. The molecule has 1 aliphatic heterocycles. The van der Waals surface area contributed by atoms with Gasteiger partial charge in [-0.3, -0.25) is 20.0 Å². The molecule has 14 heteroatoms. The number of rotatable bonds is 5. The molecule has 268 valence electrons. The number of nitrogens with one attached hydrogen (secondary N) is 2. The molecule has 0 radical (unpaired) electrons. The summed E-state index contributed by atoms with van der Waals surface area (Å²) >= 11 is 3.47. The van der Waals surface area contributed by atoms with Gasteiger partial charge < -0.3 is 18.8 Å². The Hall–Kier alpha value is -4.14. The van der Waals surface area contributed by atoms with Gasteiger partial charge in [-0.05, 0) is 109 Å². The summed E-state index contributed by atoms with van der Waals surface area (Å²) in [5.41, 5.74) is 3.51. The smallest absolute Gasteiger partial charge is 0.444 e. The van der Waals surface area contributed by atoms with Crippen molar-refractivity contribution in [2.75, 3.05) is 10.6 Å². The van der Waals surface area contributed by atoms with Crippen LogP contribution in [0.1, 0.15) is 69.2 Å². The Bertz CT molecular complexity index is 1820. The maximum atomic E-state index is 12.1. The summed E-state index contributed by atoms with van der Waals surface area (Å²) in [5.74, 6) is 0. The topological polar surface area (TPSA) is 131 Å². The zero-order chi connectivity index (χ0) is 37.2. The van der Waals surface area contributed by atoms with Gasteiger partial charge >= 0.3 is 19.3 Å². The molecule has 3 heterocycles. The number of carbonyl (C=O) groups excluding carboxylic acids is 2. The van der Waals surface area contributed by atoms with Crippen LogP contribution < -0.4 is 16.1 Å². The minimum Gasteiger partial charge on any atom is -0.444 e. The number of nitrogens with zero attached hydrogens (tertiary/aromatic N) is 4. The Balaban J connectivity index is 0.000000237. The van der Waals surface area contributed by atoms with E-state index in [4.69, 9.17) is 18.8 Å². The van der Waals surface area contributed by atoms with Crippen LogP contribution in [0.2, 0.25) is 0 Å². The molecule has 12 nitrogen and oxygen atoms in total. The van der Waals surface area contributed by atoms with E-state index in [0.717, 1.165) is 32.5 Å². The molecule has 0 bridgehead atoms. The predicted octanol–water partition coefficient (Wildman–Crippen LogP) is 7.93. The number of ether oxygens (including phenoxy) is 2. The van der Waals surface area contributed by atoms with Gasteiger partial charge in [-0.1, -0.05) is 24.3 Å². The van der Waals surface area contributed by atoms with Crippen LogP contribution in [0.15, 0.2) is 65.4 Å². The first-order chi connectivity index (χ1) is 23.0. The average Bonchev–Trinajstić information content (AvgIpc) is 3.58. The molecule has 0 unspecified atom stereocenters. The van der Waals surface area contributed by atoms with E-state index in [1.54, 1.807) is 9.36 Å². The molecular formula is C36H48BBrN6O6. The fourth-order valence-electron chi connectivity index (χ4n) is 4.86. The highest BCUT2D eigenvalue weighted by Crippen LogP contribution is 2.37. The molecule has 2 aromatic heterocycles. The van der Waals surface area contributed by atoms with Crippen LogP contribution >= 0.6 is 15.9 Å². The van der Waals surface area contributed by atoms with Gasteiger partial charge in [0, 0.05) is 54.5 Å². The van der Waals surface area contributed by atoms with E-state index in [0.29, 0.717) is 11.4 Å². The van der Waals surface area contributed by atoms with E-state index in [1.807, 2.05) is 144 Å². The Morgan fingerprint density at radius 3 is 1.58 bits per heavy atom. The number of carbonyl (C=O) groups is 2. The van der Waals surface area contributed by atoms with Gasteiger partial charge in [0.1, 0.15) is 16.9 Å². The van der Waals surface area contributed by atoms with Gasteiger partial charge in [-0.15, -0.1) is 0 Å². The molecular weight excluding hydrogens is 703 g/mol. The van der Waals surface area contributed by atoms with Crippen molar-refractivity contribution < 1.29 is 28.4 Å². The molecule has 2 N–H and O–H groups in total. The second-order valence-electron chi connectivity index (χ2n) is 15.1. The van der Waals surface area contributed by atoms with E-state index in [1.165, 1.54) is 0 Å². The third kappa shape index (κ3) is 10.2. The van der Waals surface area contributed by atoms with Crippen molar-refractivity contribution >= 4 is 52.1 Å². The Morgan fingerprint density at radius 1 is 0.740 bits per heavy atom. The summed E-state index contributed by atoms with van der Waals surface area (Å²) in [5, 5.41) is 14.5. The molecule has 5 rings (SSSR count). The van der Waals surface area contributed by atoms with Crippen LogP contribution in [0.3, 0.4) is 0 Å². The van der Waals surface area contributed by atoms with E-state index in [2.05, 4.69) is 36.8 Å². The number of aryl methyl sites for hydroxylation is 2. The highest BCUT2D eigenvalue weighted by Gasteiger charge is 2.52. The summed E-state index contributed by atoms with van der Waals surface area (Å²) in [6.07, 6.45) is 2.82. The van der Waals surface area contributed by atoms with Crippen molar-refractivity contribution in [3.05, 3.63) is 65.4 Å². The molecule has 2 aromatic carbocycles. The van der Waals surface area contributed by atoms with Crippen molar-refractivity contribution in [3.8, 4) is 22.5 Å². The van der Waals surface area contributed by atoms with Crippen molar-refractivity contribution in [3.63, 3.8) is 0 Å². The lowest BCUT2D eigenvalue weighted by molar-refractivity contribution is 0.00578. The second-order valence-corrected chi connectivity index (χ2v) is 16.0. The lowest BCUT2D eigenvalue weighted by Gasteiger charge is -2.32. The van der Waals surface area contributed by atoms with Crippen LogP contribution in [0.25, 0.3) is 22.5 Å². The van der Waals surface area contributed by atoms with E-state index in [-0.39, 0.29) is 0 Å². The number of benzene rings is 2. The monoisotopic (exact) mass is 750 g/mol. The number of halogens is 1. The zero-order valence-corrected chi connectivity index (χ0v) is 32.6. The molecule has 1 saturated heterocycles.